The van der Waals surface area contributed by atoms with Crippen LogP contribution < -0.4 is 4.80 Å². The van der Waals surface area contributed by atoms with Crippen LogP contribution >= 0.6 is 11.3 Å². The second-order valence-corrected chi connectivity index (χ2v) is 7.88. The highest BCUT2D eigenvalue weighted by molar-refractivity contribution is 7.90. The van der Waals surface area contributed by atoms with Gasteiger partial charge in [0.2, 0.25) is 4.80 Å². The predicted molar refractivity (Wildman–Crippen MR) is 95.6 cm³/mol. The molecule has 0 saturated carbocycles. The zero-order valence-electron chi connectivity index (χ0n) is 13.8. The molecule has 26 heavy (non-hydrogen) atoms. The Balaban J connectivity index is 2.19. The molecule has 0 bridgehead atoms. The van der Waals surface area contributed by atoms with Crippen molar-refractivity contribution >= 4 is 37.5 Å². The number of carbonyl (C=O) groups excluding carboxylic acids is 1. The molecule has 136 valence electrons. The molecular weight excluding hydrogens is 379 g/mol. The summed E-state index contributed by atoms with van der Waals surface area (Å²) >= 11 is 0.989. The van der Waals surface area contributed by atoms with Crippen LogP contribution in [0.15, 0.2) is 57.8 Å². The van der Waals surface area contributed by atoms with E-state index in [9.17, 15) is 17.6 Å². The largest absolute Gasteiger partial charge is 0.465 e. The quantitative estimate of drug-likeness (QED) is 0.624. The van der Waals surface area contributed by atoms with Gasteiger partial charge in [-0.1, -0.05) is 29.5 Å². The molecular formula is C17H15FN2O4S2. The van der Waals surface area contributed by atoms with Crippen LogP contribution in [0.4, 0.5) is 4.39 Å². The summed E-state index contributed by atoms with van der Waals surface area (Å²) in [6.07, 6.45) is 0. The number of halogens is 1. The van der Waals surface area contributed by atoms with E-state index >= 15 is 0 Å². The molecule has 1 aromatic heterocycles. The Kier molecular flexibility index (Phi) is 5.19. The number of sulfonamides is 1. The van der Waals surface area contributed by atoms with Gasteiger partial charge in [0, 0.05) is 0 Å². The van der Waals surface area contributed by atoms with Gasteiger partial charge < -0.3 is 9.30 Å². The summed E-state index contributed by atoms with van der Waals surface area (Å²) in [5.74, 6) is -0.991. The standard InChI is InChI=1S/C17H15FN2O4S2/c1-2-24-16(21)11-20-14-9-8-12(18)10-15(14)25-17(20)19-26(22,23)13-6-4-3-5-7-13/h3-10H,2,11H2,1H3/b19-17-. The molecule has 0 aliphatic carbocycles. The minimum Gasteiger partial charge on any atom is -0.465 e. The van der Waals surface area contributed by atoms with Crippen LogP contribution in [0.2, 0.25) is 0 Å². The zero-order valence-corrected chi connectivity index (χ0v) is 15.4. The number of aromatic nitrogens is 1. The van der Waals surface area contributed by atoms with Gasteiger partial charge in [-0.15, -0.1) is 4.40 Å². The van der Waals surface area contributed by atoms with Gasteiger partial charge in [-0.25, -0.2) is 4.39 Å². The highest BCUT2D eigenvalue weighted by Crippen LogP contribution is 2.20. The second kappa shape index (κ2) is 7.38. The molecule has 0 fully saturated rings. The molecule has 9 heteroatoms. The maximum absolute atomic E-state index is 13.5. The fourth-order valence-electron chi connectivity index (χ4n) is 2.35. The summed E-state index contributed by atoms with van der Waals surface area (Å²) in [6.45, 7) is 1.66. The minimum absolute atomic E-state index is 0.0336. The summed E-state index contributed by atoms with van der Waals surface area (Å²) in [7, 11) is -3.97. The molecule has 0 radical (unpaired) electrons. The first-order valence-electron chi connectivity index (χ1n) is 7.71. The molecule has 3 aromatic rings. The topological polar surface area (TPSA) is 77.7 Å². The highest BCUT2D eigenvalue weighted by Gasteiger charge is 2.16. The van der Waals surface area contributed by atoms with Crippen molar-refractivity contribution in [2.45, 2.75) is 18.4 Å². The number of nitrogens with zero attached hydrogens (tertiary/aromatic N) is 2. The minimum atomic E-state index is -3.97. The molecule has 0 aliphatic rings. The van der Waals surface area contributed by atoms with Crippen LogP contribution in [-0.2, 0) is 26.1 Å². The first-order valence-corrected chi connectivity index (χ1v) is 9.97. The van der Waals surface area contributed by atoms with Crippen molar-refractivity contribution in [3.05, 3.63) is 59.1 Å². The number of carbonyl (C=O) groups is 1. The molecule has 6 nitrogen and oxygen atoms in total. The lowest BCUT2D eigenvalue weighted by Gasteiger charge is -2.05. The second-order valence-electron chi connectivity index (χ2n) is 5.27. The van der Waals surface area contributed by atoms with E-state index in [1.807, 2.05) is 0 Å². The van der Waals surface area contributed by atoms with Crippen LogP contribution in [0.5, 0.6) is 0 Å². The number of rotatable bonds is 5. The van der Waals surface area contributed by atoms with E-state index < -0.39 is 21.8 Å². The fourth-order valence-corrected chi connectivity index (χ4v) is 4.63. The molecule has 0 saturated heterocycles. The number of benzene rings is 2. The molecule has 2 aromatic carbocycles. The van der Waals surface area contributed by atoms with Crippen LogP contribution in [-0.4, -0.2) is 25.6 Å². The maximum Gasteiger partial charge on any atom is 0.326 e. The SMILES string of the molecule is CCOC(=O)Cn1/c(=N/S(=O)(=O)c2ccccc2)sc2cc(F)ccc21. The first-order chi connectivity index (χ1) is 12.4. The van der Waals surface area contributed by atoms with Crippen molar-refractivity contribution in [1.82, 2.24) is 4.57 Å². The smallest absolute Gasteiger partial charge is 0.326 e. The summed E-state index contributed by atoms with van der Waals surface area (Å²) in [5, 5.41) is 0. The average molecular weight is 394 g/mol. The molecule has 0 unspecified atom stereocenters. The molecule has 0 aliphatic heterocycles. The monoisotopic (exact) mass is 394 g/mol. The maximum atomic E-state index is 13.5. The lowest BCUT2D eigenvalue weighted by Crippen LogP contribution is -2.23. The van der Waals surface area contributed by atoms with E-state index in [1.165, 1.54) is 34.9 Å². The number of ether oxygens (including phenoxy) is 1. The van der Waals surface area contributed by atoms with Crippen molar-refractivity contribution in [1.29, 1.82) is 0 Å². The van der Waals surface area contributed by atoms with E-state index in [0.717, 1.165) is 11.3 Å². The van der Waals surface area contributed by atoms with E-state index in [-0.39, 0.29) is 22.8 Å². The first kappa shape index (κ1) is 18.3. The van der Waals surface area contributed by atoms with E-state index in [2.05, 4.69) is 4.40 Å². The van der Waals surface area contributed by atoms with E-state index in [4.69, 9.17) is 4.74 Å². The lowest BCUT2D eigenvalue weighted by molar-refractivity contribution is -0.143. The molecule has 0 spiro atoms. The van der Waals surface area contributed by atoms with Crippen molar-refractivity contribution in [3.63, 3.8) is 0 Å². The summed E-state index contributed by atoms with van der Waals surface area (Å²) < 4.78 is 49.3. The van der Waals surface area contributed by atoms with Gasteiger partial charge in [0.25, 0.3) is 10.0 Å². The number of esters is 1. The highest BCUT2D eigenvalue weighted by atomic mass is 32.2. The van der Waals surface area contributed by atoms with Gasteiger partial charge in [0.1, 0.15) is 12.4 Å². The van der Waals surface area contributed by atoms with Crippen molar-refractivity contribution in [2.24, 2.45) is 4.40 Å². The Bertz CT molecular complexity index is 1120. The summed E-state index contributed by atoms with van der Waals surface area (Å²) in [6, 6.07) is 11.7. The van der Waals surface area contributed by atoms with Crippen LogP contribution in [0.25, 0.3) is 10.2 Å². The van der Waals surface area contributed by atoms with Crippen molar-refractivity contribution < 1.29 is 22.3 Å². The third-order valence-corrected chi connectivity index (χ3v) is 5.91. The normalized spacial score (nSPS) is 12.5. The van der Waals surface area contributed by atoms with Gasteiger partial charge in [-0.05, 0) is 37.3 Å². The van der Waals surface area contributed by atoms with Crippen molar-refractivity contribution in [2.75, 3.05) is 6.61 Å². The summed E-state index contributed by atoms with van der Waals surface area (Å²) in [5.41, 5.74) is 0.506. The van der Waals surface area contributed by atoms with Gasteiger partial charge in [0.05, 0.1) is 21.7 Å². The predicted octanol–water partition coefficient (Wildman–Crippen LogP) is 2.69. The lowest BCUT2D eigenvalue weighted by atomic mass is 10.3. The van der Waals surface area contributed by atoms with Crippen LogP contribution in [0.3, 0.4) is 0 Å². The van der Waals surface area contributed by atoms with Crippen LogP contribution in [0.1, 0.15) is 6.92 Å². The average Bonchev–Trinajstić information content (AvgIpc) is 2.91. The third kappa shape index (κ3) is 3.83. The Hall–Kier alpha value is -2.52. The molecule has 0 atom stereocenters. The van der Waals surface area contributed by atoms with Crippen molar-refractivity contribution in [3.8, 4) is 0 Å². The number of fused-ring (bicyclic) bond motifs is 1. The van der Waals surface area contributed by atoms with E-state index in [1.54, 1.807) is 25.1 Å². The molecule has 0 N–H and O–H groups in total. The summed E-state index contributed by atoms with van der Waals surface area (Å²) in [4.78, 5) is 12.0. The number of hydrogen-bond donors (Lipinski definition) is 0. The van der Waals surface area contributed by atoms with E-state index in [0.29, 0.717) is 10.2 Å². The van der Waals surface area contributed by atoms with Crippen LogP contribution in [0, 0.1) is 5.82 Å². The molecule has 0 amide bonds. The Morgan fingerprint density at radius 1 is 1.23 bits per heavy atom. The molecule has 3 rings (SSSR count). The fraction of sp³-hybridized carbons (Fsp3) is 0.176. The zero-order chi connectivity index (χ0) is 18.7. The Labute approximate surface area is 153 Å². The van der Waals surface area contributed by atoms with Gasteiger partial charge in [0.15, 0.2) is 0 Å². The molecule has 1 heterocycles. The number of thiazole rings is 1. The van der Waals surface area contributed by atoms with Gasteiger partial charge >= 0.3 is 5.97 Å². The Morgan fingerprint density at radius 3 is 2.65 bits per heavy atom. The third-order valence-electron chi connectivity index (χ3n) is 3.48. The van der Waals surface area contributed by atoms with Gasteiger partial charge in [-0.3, -0.25) is 4.79 Å². The Morgan fingerprint density at radius 2 is 1.96 bits per heavy atom. The van der Waals surface area contributed by atoms with Gasteiger partial charge in [-0.2, -0.15) is 8.42 Å². The number of hydrogen-bond acceptors (Lipinski definition) is 5.